The minimum atomic E-state index is -4.34. The van der Waals surface area contributed by atoms with E-state index in [1.54, 1.807) is 6.07 Å². The Morgan fingerprint density at radius 1 is 0.923 bits per heavy atom. The third-order valence-electron chi connectivity index (χ3n) is 6.84. The quantitative estimate of drug-likeness (QED) is 0.529. The predicted octanol–water partition coefficient (Wildman–Crippen LogP) is 7.37. The molecule has 1 aromatic rings. The Hall–Kier alpha value is -1.06. The van der Waals surface area contributed by atoms with Crippen molar-refractivity contribution < 1.29 is 13.2 Å². The molecule has 0 N–H and O–H groups in total. The van der Waals surface area contributed by atoms with Crippen LogP contribution in [0.3, 0.4) is 0 Å². The molecule has 1 heterocycles. The molecular formula is C22H32F3N. The maximum Gasteiger partial charge on any atom is 0.433 e. The molecule has 0 unspecified atom stereocenters. The van der Waals surface area contributed by atoms with Gasteiger partial charge in [-0.05, 0) is 73.8 Å². The SMILES string of the molecule is CCCC[C@H]1CC[C@H]([C@H]2CC[C@H](c3ccc(C(F)(F)F)nc3)CC2)CC1. The lowest BCUT2D eigenvalue weighted by Gasteiger charge is -2.38. The molecule has 0 aromatic carbocycles. The van der Waals surface area contributed by atoms with Crippen LogP contribution >= 0.6 is 0 Å². The number of nitrogens with zero attached hydrogens (tertiary/aromatic N) is 1. The molecule has 2 aliphatic carbocycles. The van der Waals surface area contributed by atoms with Gasteiger partial charge in [0.05, 0.1) is 0 Å². The van der Waals surface area contributed by atoms with Crippen LogP contribution in [0.2, 0.25) is 0 Å². The van der Waals surface area contributed by atoms with Gasteiger partial charge in [-0.1, -0.05) is 45.1 Å². The molecule has 146 valence electrons. The van der Waals surface area contributed by atoms with Gasteiger partial charge in [0.25, 0.3) is 0 Å². The second-order valence-corrected chi connectivity index (χ2v) is 8.51. The average molecular weight is 367 g/mol. The van der Waals surface area contributed by atoms with Crippen molar-refractivity contribution in [3.8, 4) is 0 Å². The van der Waals surface area contributed by atoms with Crippen LogP contribution in [0.4, 0.5) is 13.2 Å². The maximum atomic E-state index is 12.7. The van der Waals surface area contributed by atoms with E-state index < -0.39 is 11.9 Å². The van der Waals surface area contributed by atoms with Crippen molar-refractivity contribution in [3.05, 3.63) is 29.6 Å². The van der Waals surface area contributed by atoms with Crippen molar-refractivity contribution >= 4 is 0 Å². The summed E-state index contributed by atoms with van der Waals surface area (Å²) in [5.74, 6) is 3.07. The Balaban J connectivity index is 1.46. The number of halogens is 3. The van der Waals surface area contributed by atoms with Crippen molar-refractivity contribution in [1.29, 1.82) is 0 Å². The second-order valence-electron chi connectivity index (χ2n) is 8.51. The van der Waals surface area contributed by atoms with Crippen LogP contribution in [0.15, 0.2) is 18.3 Å². The first-order valence-corrected chi connectivity index (χ1v) is 10.5. The Morgan fingerprint density at radius 2 is 1.54 bits per heavy atom. The zero-order valence-electron chi connectivity index (χ0n) is 15.9. The molecule has 0 atom stereocenters. The van der Waals surface area contributed by atoms with Crippen LogP contribution < -0.4 is 0 Å². The van der Waals surface area contributed by atoms with E-state index in [2.05, 4.69) is 11.9 Å². The van der Waals surface area contributed by atoms with Gasteiger partial charge in [-0.3, -0.25) is 4.98 Å². The Kier molecular flexibility index (Phi) is 6.63. The molecule has 4 heteroatoms. The smallest absolute Gasteiger partial charge is 0.251 e. The summed E-state index contributed by atoms with van der Waals surface area (Å²) in [6, 6.07) is 2.78. The van der Waals surface area contributed by atoms with Crippen molar-refractivity contribution in [3.63, 3.8) is 0 Å². The Morgan fingerprint density at radius 3 is 2.04 bits per heavy atom. The summed E-state index contributed by atoms with van der Waals surface area (Å²) in [5.41, 5.74) is 0.203. The van der Waals surface area contributed by atoms with Crippen LogP contribution in [-0.2, 0) is 6.18 Å². The van der Waals surface area contributed by atoms with Gasteiger partial charge >= 0.3 is 6.18 Å². The summed E-state index contributed by atoms with van der Waals surface area (Å²) in [6.07, 6.45) is 11.5. The fraction of sp³-hybridized carbons (Fsp3) is 0.773. The van der Waals surface area contributed by atoms with Gasteiger partial charge in [0.1, 0.15) is 5.69 Å². The normalized spacial score (nSPS) is 30.3. The van der Waals surface area contributed by atoms with Gasteiger partial charge < -0.3 is 0 Å². The fourth-order valence-electron chi connectivity index (χ4n) is 5.18. The lowest BCUT2D eigenvalue weighted by Crippen LogP contribution is -2.25. The molecule has 0 saturated heterocycles. The van der Waals surface area contributed by atoms with E-state index in [0.29, 0.717) is 5.92 Å². The van der Waals surface area contributed by atoms with Gasteiger partial charge in [0.15, 0.2) is 0 Å². The van der Waals surface area contributed by atoms with Crippen molar-refractivity contribution in [1.82, 2.24) is 4.98 Å². The van der Waals surface area contributed by atoms with E-state index in [4.69, 9.17) is 0 Å². The highest BCUT2D eigenvalue weighted by Gasteiger charge is 2.33. The molecule has 1 nitrogen and oxygen atoms in total. The lowest BCUT2D eigenvalue weighted by molar-refractivity contribution is -0.141. The van der Waals surface area contributed by atoms with E-state index >= 15 is 0 Å². The Labute approximate surface area is 155 Å². The van der Waals surface area contributed by atoms with Gasteiger partial charge in [-0.15, -0.1) is 0 Å². The van der Waals surface area contributed by atoms with Crippen LogP contribution in [-0.4, -0.2) is 4.98 Å². The van der Waals surface area contributed by atoms with Gasteiger partial charge in [-0.25, -0.2) is 0 Å². The predicted molar refractivity (Wildman–Crippen MR) is 98.9 cm³/mol. The molecule has 1 aromatic heterocycles. The number of unbranched alkanes of at least 4 members (excludes halogenated alkanes) is 1. The third-order valence-corrected chi connectivity index (χ3v) is 6.84. The molecule has 2 aliphatic rings. The zero-order valence-corrected chi connectivity index (χ0v) is 15.9. The first-order chi connectivity index (χ1) is 12.5. The number of hydrogen-bond acceptors (Lipinski definition) is 1. The molecule has 0 amide bonds. The zero-order chi connectivity index (χ0) is 18.6. The molecule has 26 heavy (non-hydrogen) atoms. The summed E-state index contributed by atoms with van der Waals surface area (Å²) in [4.78, 5) is 3.64. The lowest BCUT2D eigenvalue weighted by atomic mass is 9.68. The molecule has 0 spiro atoms. The van der Waals surface area contributed by atoms with E-state index in [-0.39, 0.29) is 0 Å². The van der Waals surface area contributed by atoms with Crippen molar-refractivity contribution in [2.75, 3.05) is 0 Å². The maximum absolute atomic E-state index is 12.7. The van der Waals surface area contributed by atoms with Crippen LogP contribution in [0, 0.1) is 17.8 Å². The van der Waals surface area contributed by atoms with Crippen LogP contribution in [0.5, 0.6) is 0 Å². The average Bonchev–Trinajstić information content (AvgIpc) is 2.66. The van der Waals surface area contributed by atoms with Crippen molar-refractivity contribution in [2.45, 2.75) is 89.6 Å². The standard InChI is InChI=1S/C22H32F3N/c1-2-3-4-16-5-7-17(8-6-16)18-9-11-19(12-10-18)20-13-14-21(26-15-20)22(23,24)25/h13-19H,2-12H2,1H3/t16-,17-,18-,19-. The first kappa shape index (κ1) is 19.7. The summed E-state index contributed by atoms with van der Waals surface area (Å²) in [5, 5.41) is 0. The minimum Gasteiger partial charge on any atom is -0.251 e. The topological polar surface area (TPSA) is 12.9 Å². The highest BCUT2D eigenvalue weighted by atomic mass is 19.4. The molecule has 0 aliphatic heterocycles. The second kappa shape index (κ2) is 8.75. The summed E-state index contributed by atoms with van der Waals surface area (Å²) in [7, 11) is 0. The largest absolute Gasteiger partial charge is 0.433 e. The fourth-order valence-corrected chi connectivity index (χ4v) is 5.18. The number of hydrogen-bond donors (Lipinski definition) is 0. The molecular weight excluding hydrogens is 335 g/mol. The molecule has 0 bridgehead atoms. The first-order valence-electron chi connectivity index (χ1n) is 10.5. The molecule has 2 saturated carbocycles. The number of rotatable bonds is 5. The van der Waals surface area contributed by atoms with E-state index in [1.165, 1.54) is 64.0 Å². The van der Waals surface area contributed by atoms with Gasteiger partial charge in [0, 0.05) is 6.20 Å². The van der Waals surface area contributed by atoms with Gasteiger partial charge in [0.2, 0.25) is 0 Å². The third kappa shape index (κ3) is 5.01. The molecule has 2 fully saturated rings. The highest BCUT2D eigenvalue weighted by molar-refractivity contribution is 5.20. The molecule has 3 rings (SSSR count). The molecule has 0 radical (unpaired) electrons. The van der Waals surface area contributed by atoms with E-state index in [1.807, 2.05) is 0 Å². The highest BCUT2D eigenvalue weighted by Crippen LogP contribution is 2.44. The summed E-state index contributed by atoms with van der Waals surface area (Å²) < 4.78 is 38.0. The number of pyridine rings is 1. The van der Waals surface area contributed by atoms with Crippen molar-refractivity contribution in [2.24, 2.45) is 17.8 Å². The summed E-state index contributed by atoms with van der Waals surface area (Å²) >= 11 is 0. The monoisotopic (exact) mass is 367 g/mol. The van der Waals surface area contributed by atoms with Crippen LogP contribution in [0.25, 0.3) is 0 Å². The van der Waals surface area contributed by atoms with Gasteiger partial charge in [-0.2, -0.15) is 13.2 Å². The number of alkyl halides is 3. The Bertz CT molecular complexity index is 536. The minimum absolute atomic E-state index is 0.391. The van der Waals surface area contributed by atoms with E-state index in [9.17, 15) is 13.2 Å². The summed E-state index contributed by atoms with van der Waals surface area (Å²) in [6.45, 7) is 2.27. The number of aromatic nitrogens is 1. The van der Waals surface area contributed by atoms with Crippen LogP contribution in [0.1, 0.15) is 94.7 Å². The van der Waals surface area contributed by atoms with E-state index in [0.717, 1.165) is 42.2 Å².